The predicted molar refractivity (Wildman–Crippen MR) is 70.9 cm³/mol. The number of methoxy groups -OCH3 is 1. The van der Waals surface area contributed by atoms with Gasteiger partial charge in [-0.05, 0) is 26.3 Å². The van der Waals surface area contributed by atoms with Gasteiger partial charge in [-0.15, -0.1) is 0 Å². The molecular formula is C13H30N2O. The predicted octanol–water partition coefficient (Wildman–Crippen LogP) is 1.98. The molecule has 0 amide bonds. The van der Waals surface area contributed by atoms with E-state index in [9.17, 15) is 0 Å². The zero-order chi connectivity index (χ0) is 12.6. The van der Waals surface area contributed by atoms with Gasteiger partial charge in [-0.25, -0.2) is 0 Å². The van der Waals surface area contributed by atoms with Gasteiger partial charge in [0.1, 0.15) is 0 Å². The van der Waals surface area contributed by atoms with Crippen LogP contribution in [0.4, 0.5) is 0 Å². The second-order valence-electron chi connectivity index (χ2n) is 5.10. The SMILES string of the molecule is CCNCC(COC)N(CC(C)C)C(C)C. The van der Waals surface area contributed by atoms with Crippen molar-refractivity contribution in [2.24, 2.45) is 5.92 Å². The zero-order valence-electron chi connectivity index (χ0n) is 11.9. The third-order valence-corrected chi connectivity index (χ3v) is 2.70. The molecule has 0 aliphatic carbocycles. The average molecular weight is 230 g/mol. The highest BCUT2D eigenvalue weighted by atomic mass is 16.5. The molecule has 0 rings (SSSR count). The zero-order valence-corrected chi connectivity index (χ0v) is 11.9. The minimum absolute atomic E-state index is 0.479. The largest absolute Gasteiger partial charge is 0.383 e. The fourth-order valence-corrected chi connectivity index (χ4v) is 1.98. The standard InChI is InChI=1S/C13H30N2O/c1-7-14-8-13(10-16-6)15(12(4)5)9-11(2)3/h11-14H,7-10H2,1-6H3. The first-order valence-electron chi connectivity index (χ1n) is 6.48. The minimum atomic E-state index is 0.479. The Kier molecular flexibility index (Phi) is 8.90. The van der Waals surface area contributed by atoms with Crippen molar-refractivity contribution in [1.82, 2.24) is 10.2 Å². The van der Waals surface area contributed by atoms with Crippen LogP contribution in [0.15, 0.2) is 0 Å². The smallest absolute Gasteiger partial charge is 0.0630 e. The summed E-state index contributed by atoms with van der Waals surface area (Å²) in [5.74, 6) is 0.698. The second-order valence-corrected chi connectivity index (χ2v) is 5.10. The van der Waals surface area contributed by atoms with Gasteiger partial charge in [-0.1, -0.05) is 20.8 Å². The molecule has 0 saturated carbocycles. The van der Waals surface area contributed by atoms with E-state index in [1.54, 1.807) is 7.11 Å². The van der Waals surface area contributed by atoms with Gasteiger partial charge in [0, 0.05) is 32.3 Å². The van der Waals surface area contributed by atoms with Crippen LogP contribution in [-0.2, 0) is 4.74 Å². The summed E-state index contributed by atoms with van der Waals surface area (Å²) in [4.78, 5) is 2.54. The van der Waals surface area contributed by atoms with Gasteiger partial charge in [-0.3, -0.25) is 4.90 Å². The molecule has 0 fully saturated rings. The summed E-state index contributed by atoms with van der Waals surface area (Å²) in [6, 6.07) is 1.05. The van der Waals surface area contributed by atoms with Crippen LogP contribution in [0.2, 0.25) is 0 Å². The lowest BCUT2D eigenvalue weighted by atomic mass is 10.1. The number of likely N-dealkylation sites (N-methyl/N-ethyl adjacent to an activating group) is 1. The van der Waals surface area contributed by atoms with Crippen LogP contribution in [0.3, 0.4) is 0 Å². The fourth-order valence-electron chi connectivity index (χ4n) is 1.98. The van der Waals surface area contributed by atoms with E-state index in [1.807, 2.05) is 0 Å². The molecule has 3 heteroatoms. The molecule has 1 N–H and O–H groups in total. The van der Waals surface area contributed by atoms with Gasteiger partial charge in [0.05, 0.1) is 6.61 Å². The third-order valence-electron chi connectivity index (χ3n) is 2.70. The first-order chi connectivity index (χ1) is 7.52. The summed E-state index contributed by atoms with van der Waals surface area (Å²) in [5.41, 5.74) is 0. The van der Waals surface area contributed by atoms with Crippen molar-refractivity contribution < 1.29 is 4.74 Å². The maximum absolute atomic E-state index is 5.33. The van der Waals surface area contributed by atoms with Crippen molar-refractivity contribution in [2.75, 3.05) is 33.4 Å². The van der Waals surface area contributed by atoms with Gasteiger partial charge < -0.3 is 10.1 Å². The van der Waals surface area contributed by atoms with Gasteiger partial charge >= 0.3 is 0 Å². The van der Waals surface area contributed by atoms with Gasteiger partial charge in [0.25, 0.3) is 0 Å². The lowest BCUT2D eigenvalue weighted by Crippen LogP contribution is -2.49. The first-order valence-corrected chi connectivity index (χ1v) is 6.48. The van der Waals surface area contributed by atoms with Crippen LogP contribution in [0.25, 0.3) is 0 Å². The van der Waals surface area contributed by atoms with Gasteiger partial charge in [0.2, 0.25) is 0 Å². The van der Waals surface area contributed by atoms with E-state index in [0.29, 0.717) is 18.0 Å². The van der Waals surface area contributed by atoms with Gasteiger partial charge in [-0.2, -0.15) is 0 Å². The van der Waals surface area contributed by atoms with E-state index < -0.39 is 0 Å². The van der Waals surface area contributed by atoms with Crippen molar-refractivity contribution >= 4 is 0 Å². The maximum Gasteiger partial charge on any atom is 0.0630 e. The topological polar surface area (TPSA) is 24.5 Å². The van der Waals surface area contributed by atoms with Crippen LogP contribution in [-0.4, -0.2) is 50.3 Å². The molecule has 0 spiro atoms. The molecule has 1 atom stereocenters. The lowest BCUT2D eigenvalue weighted by molar-refractivity contribution is 0.0615. The molecule has 0 aromatic carbocycles. The third kappa shape index (κ3) is 6.46. The summed E-state index contributed by atoms with van der Waals surface area (Å²) < 4.78 is 5.33. The van der Waals surface area contributed by atoms with Crippen LogP contribution < -0.4 is 5.32 Å². The molecule has 98 valence electrons. The Balaban J connectivity index is 4.38. The molecular weight excluding hydrogens is 200 g/mol. The van der Waals surface area contributed by atoms with Crippen LogP contribution in [0, 0.1) is 5.92 Å². The molecule has 0 aromatic rings. The molecule has 16 heavy (non-hydrogen) atoms. The molecule has 3 nitrogen and oxygen atoms in total. The highest BCUT2D eigenvalue weighted by Gasteiger charge is 2.21. The summed E-state index contributed by atoms with van der Waals surface area (Å²) in [7, 11) is 1.78. The van der Waals surface area contributed by atoms with Crippen molar-refractivity contribution in [1.29, 1.82) is 0 Å². The van der Waals surface area contributed by atoms with Crippen LogP contribution >= 0.6 is 0 Å². The Hall–Kier alpha value is -0.120. The molecule has 1 unspecified atom stereocenters. The minimum Gasteiger partial charge on any atom is -0.383 e. The molecule has 0 aromatic heterocycles. The maximum atomic E-state index is 5.33. The monoisotopic (exact) mass is 230 g/mol. The highest BCUT2D eigenvalue weighted by molar-refractivity contribution is 4.77. The van der Waals surface area contributed by atoms with Crippen molar-refractivity contribution in [3.63, 3.8) is 0 Å². The molecule has 0 heterocycles. The highest BCUT2D eigenvalue weighted by Crippen LogP contribution is 2.09. The molecule has 0 aliphatic rings. The second kappa shape index (κ2) is 8.97. The van der Waals surface area contributed by atoms with E-state index in [4.69, 9.17) is 4.74 Å². The summed E-state index contributed by atoms with van der Waals surface area (Å²) in [6.07, 6.45) is 0. The Morgan fingerprint density at radius 2 is 1.81 bits per heavy atom. The molecule has 0 radical (unpaired) electrons. The Morgan fingerprint density at radius 1 is 1.19 bits per heavy atom. The number of nitrogens with one attached hydrogen (secondary N) is 1. The Morgan fingerprint density at radius 3 is 2.19 bits per heavy atom. The van der Waals surface area contributed by atoms with Crippen molar-refractivity contribution in [3.8, 4) is 0 Å². The lowest BCUT2D eigenvalue weighted by Gasteiger charge is -2.36. The van der Waals surface area contributed by atoms with E-state index in [2.05, 4.69) is 44.8 Å². The van der Waals surface area contributed by atoms with E-state index in [1.165, 1.54) is 0 Å². The van der Waals surface area contributed by atoms with Crippen molar-refractivity contribution in [2.45, 2.75) is 46.7 Å². The first kappa shape index (κ1) is 15.9. The number of nitrogens with zero attached hydrogens (tertiary/aromatic N) is 1. The van der Waals surface area contributed by atoms with E-state index in [-0.39, 0.29) is 0 Å². The number of hydrogen-bond acceptors (Lipinski definition) is 3. The summed E-state index contributed by atoms with van der Waals surface area (Å²) >= 11 is 0. The van der Waals surface area contributed by atoms with E-state index in [0.717, 1.165) is 26.2 Å². The van der Waals surface area contributed by atoms with Gasteiger partial charge in [0.15, 0.2) is 0 Å². The fraction of sp³-hybridized carbons (Fsp3) is 1.00. The quantitative estimate of drug-likeness (QED) is 0.655. The normalized spacial score (nSPS) is 14.1. The summed E-state index contributed by atoms with van der Waals surface area (Å²) in [6.45, 7) is 15.2. The average Bonchev–Trinajstić information content (AvgIpc) is 2.20. The molecule has 0 saturated heterocycles. The Labute approximate surface area is 102 Å². The molecule has 0 bridgehead atoms. The Bertz CT molecular complexity index is 160. The summed E-state index contributed by atoms with van der Waals surface area (Å²) in [5, 5.41) is 3.42. The van der Waals surface area contributed by atoms with E-state index >= 15 is 0 Å². The molecule has 0 aliphatic heterocycles. The van der Waals surface area contributed by atoms with Crippen LogP contribution in [0.1, 0.15) is 34.6 Å². The van der Waals surface area contributed by atoms with Crippen LogP contribution in [0.5, 0.6) is 0 Å². The number of ether oxygens (including phenoxy) is 1. The number of rotatable bonds is 9. The van der Waals surface area contributed by atoms with Crippen molar-refractivity contribution in [3.05, 3.63) is 0 Å². The number of hydrogen-bond donors (Lipinski definition) is 1.